The normalized spacial score (nSPS) is 20.5. The first-order chi connectivity index (χ1) is 9.46. The first-order valence-electron chi connectivity index (χ1n) is 7.15. The van der Waals surface area contributed by atoms with E-state index >= 15 is 0 Å². The Hall–Kier alpha value is -0.630. The van der Waals surface area contributed by atoms with Crippen molar-refractivity contribution in [2.75, 3.05) is 26.7 Å². The Morgan fingerprint density at radius 3 is 2.81 bits per heavy atom. The van der Waals surface area contributed by atoms with Gasteiger partial charge in [-0.2, -0.15) is 9.40 Å². The smallest absolute Gasteiger partial charge is 0.260 e. The molecule has 1 N–H and O–H groups in total. The molecule has 1 aromatic heterocycles. The van der Waals surface area contributed by atoms with Gasteiger partial charge in [0.2, 0.25) is 0 Å². The highest BCUT2D eigenvalue weighted by Crippen LogP contribution is 2.24. The van der Waals surface area contributed by atoms with Crippen molar-refractivity contribution in [3.8, 4) is 0 Å². The molecule has 1 aliphatic heterocycles. The van der Waals surface area contributed by atoms with Gasteiger partial charge in [-0.1, -0.05) is 0 Å². The van der Waals surface area contributed by atoms with E-state index in [2.05, 4.69) is 10.4 Å². The SMILES string of the molecule is CNCC1CCCN(S(=O)(=O)c2ccnn2C(C)C)C1.Cl. The van der Waals surface area contributed by atoms with Gasteiger partial charge in [0, 0.05) is 19.1 Å². The molecule has 0 bridgehead atoms. The van der Waals surface area contributed by atoms with Gasteiger partial charge in [0.15, 0.2) is 5.03 Å². The summed E-state index contributed by atoms with van der Waals surface area (Å²) < 4.78 is 28.7. The quantitative estimate of drug-likeness (QED) is 0.885. The van der Waals surface area contributed by atoms with Gasteiger partial charge in [0.25, 0.3) is 10.0 Å². The molecule has 2 rings (SSSR count). The van der Waals surface area contributed by atoms with Crippen molar-refractivity contribution in [3.63, 3.8) is 0 Å². The molecule has 0 spiro atoms. The van der Waals surface area contributed by atoms with Gasteiger partial charge in [-0.3, -0.25) is 4.68 Å². The second kappa shape index (κ2) is 7.58. The maximum atomic E-state index is 12.8. The van der Waals surface area contributed by atoms with Crippen LogP contribution in [0.3, 0.4) is 0 Å². The largest absolute Gasteiger partial charge is 0.319 e. The van der Waals surface area contributed by atoms with Gasteiger partial charge in [-0.15, -0.1) is 12.4 Å². The fourth-order valence-corrected chi connectivity index (χ4v) is 4.50. The predicted molar refractivity (Wildman–Crippen MR) is 85.3 cm³/mol. The maximum Gasteiger partial charge on any atom is 0.260 e. The standard InChI is InChI=1S/C13H24N4O2S.ClH/c1-11(2)17-13(6-7-15-17)20(18,19)16-8-4-5-12(10-16)9-14-3;/h6-7,11-12,14H,4-5,8-10H2,1-3H3;1H. The van der Waals surface area contributed by atoms with Crippen LogP contribution in [0, 0.1) is 5.92 Å². The van der Waals surface area contributed by atoms with Crippen molar-refractivity contribution in [2.45, 2.75) is 37.8 Å². The molecule has 0 amide bonds. The third kappa shape index (κ3) is 3.97. The predicted octanol–water partition coefficient (Wildman–Crippen LogP) is 1.51. The van der Waals surface area contributed by atoms with Crippen molar-refractivity contribution < 1.29 is 8.42 Å². The van der Waals surface area contributed by atoms with Crippen LogP contribution >= 0.6 is 12.4 Å². The third-order valence-corrected chi connectivity index (χ3v) is 5.57. The van der Waals surface area contributed by atoms with E-state index in [9.17, 15) is 8.42 Å². The lowest BCUT2D eigenvalue weighted by Gasteiger charge is -2.32. The van der Waals surface area contributed by atoms with Crippen LogP contribution in [0.15, 0.2) is 17.3 Å². The van der Waals surface area contributed by atoms with Crippen LogP contribution in [0.25, 0.3) is 0 Å². The zero-order valence-electron chi connectivity index (χ0n) is 12.8. The molecule has 1 fully saturated rings. The van der Waals surface area contributed by atoms with E-state index in [1.54, 1.807) is 21.3 Å². The number of nitrogens with one attached hydrogen (secondary N) is 1. The number of hydrogen-bond acceptors (Lipinski definition) is 4. The molecule has 21 heavy (non-hydrogen) atoms. The highest BCUT2D eigenvalue weighted by molar-refractivity contribution is 7.89. The molecule has 6 nitrogen and oxygen atoms in total. The molecule has 1 aromatic rings. The minimum atomic E-state index is -3.44. The molecule has 0 aromatic carbocycles. The zero-order valence-corrected chi connectivity index (χ0v) is 14.5. The van der Waals surface area contributed by atoms with Crippen LogP contribution in [-0.2, 0) is 10.0 Å². The Kier molecular flexibility index (Phi) is 6.65. The number of sulfonamides is 1. The molecule has 1 saturated heterocycles. The highest BCUT2D eigenvalue weighted by atomic mass is 35.5. The fourth-order valence-electron chi connectivity index (χ4n) is 2.73. The molecular formula is C13H25ClN4O2S. The van der Waals surface area contributed by atoms with Crippen LogP contribution in [0.1, 0.15) is 32.7 Å². The van der Waals surface area contributed by atoms with Gasteiger partial charge in [0.1, 0.15) is 0 Å². The Balaban J connectivity index is 0.00000220. The van der Waals surface area contributed by atoms with Crippen LogP contribution in [-0.4, -0.2) is 49.2 Å². The molecule has 1 unspecified atom stereocenters. The fraction of sp³-hybridized carbons (Fsp3) is 0.769. The number of nitrogens with zero attached hydrogens (tertiary/aromatic N) is 3. The minimum Gasteiger partial charge on any atom is -0.319 e. The zero-order chi connectivity index (χ0) is 14.8. The van der Waals surface area contributed by atoms with Crippen molar-refractivity contribution in [2.24, 2.45) is 5.92 Å². The van der Waals surface area contributed by atoms with Crippen molar-refractivity contribution in [1.82, 2.24) is 19.4 Å². The Morgan fingerprint density at radius 2 is 2.19 bits per heavy atom. The first-order valence-corrected chi connectivity index (χ1v) is 8.59. The summed E-state index contributed by atoms with van der Waals surface area (Å²) >= 11 is 0. The molecule has 2 heterocycles. The monoisotopic (exact) mass is 336 g/mol. The summed E-state index contributed by atoms with van der Waals surface area (Å²) in [5.41, 5.74) is 0. The molecule has 0 aliphatic carbocycles. The Bertz CT molecular complexity index is 542. The van der Waals surface area contributed by atoms with Crippen LogP contribution in [0.2, 0.25) is 0 Å². The molecule has 1 atom stereocenters. The van der Waals surface area contributed by atoms with Gasteiger partial charge >= 0.3 is 0 Å². The first kappa shape index (κ1) is 18.4. The highest BCUT2D eigenvalue weighted by Gasteiger charge is 2.32. The molecule has 122 valence electrons. The van der Waals surface area contributed by atoms with E-state index in [0.29, 0.717) is 24.0 Å². The molecule has 8 heteroatoms. The molecular weight excluding hydrogens is 312 g/mol. The van der Waals surface area contributed by atoms with Crippen LogP contribution in [0.4, 0.5) is 0 Å². The van der Waals surface area contributed by atoms with Crippen LogP contribution in [0.5, 0.6) is 0 Å². The van der Waals surface area contributed by atoms with Crippen molar-refractivity contribution in [1.29, 1.82) is 0 Å². The number of hydrogen-bond donors (Lipinski definition) is 1. The van der Waals surface area contributed by atoms with Crippen molar-refractivity contribution in [3.05, 3.63) is 12.3 Å². The lowest BCUT2D eigenvalue weighted by Crippen LogP contribution is -2.43. The summed E-state index contributed by atoms with van der Waals surface area (Å²) in [5, 5.41) is 7.57. The second-order valence-corrected chi connectivity index (χ2v) is 7.52. The van der Waals surface area contributed by atoms with E-state index < -0.39 is 10.0 Å². The second-order valence-electron chi connectivity index (χ2n) is 5.64. The summed E-state index contributed by atoms with van der Waals surface area (Å²) in [5.74, 6) is 0.388. The molecule has 0 radical (unpaired) electrons. The van der Waals surface area contributed by atoms with Gasteiger partial charge in [0.05, 0.1) is 6.20 Å². The Labute approximate surface area is 133 Å². The maximum absolute atomic E-state index is 12.8. The third-order valence-electron chi connectivity index (χ3n) is 3.70. The number of halogens is 1. The van der Waals surface area contributed by atoms with Gasteiger partial charge in [-0.05, 0) is 52.3 Å². The summed E-state index contributed by atoms with van der Waals surface area (Å²) in [6.07, 6.45) is 3.56. The number of rotatable bonds is 5. The number of piperidine rings is 1. The lowest BCUT2D eigenvalue weighted by atomic mass is 10.00. The molecule has 0 saturated carbocycles. The molecule has 1 aliphatic rings. The van der Waals surface area contributed by atoms with Gasteiger partial charge in [-0.25, -0.2) is 8.42 Å². The summed E-state index contributed by atoms with van der Waals surface area (Å²) in [6, 6.07) is 1.63. The number of aromatic nitrogens is 2. The van der Waals surface area contributed by atoms with E-state index in [1.807, 2.05) is 20.9 Å². The van der Waals surface area contributed by atoms with E-state index in [1.165, 1.54) is 0 Å². The lowest BCUT2D eigenvalue weighted by molar-refractivity contribution is 0.261. The van der Waals surface area contributed by atoms with Gasteiger partial charge < -0.3 is 5.32 Å². The van der Waals surface area contributed by atoms with E-state index in [0.717, 1.165) is 19.4 Å². The van der Waals surface area contributed by atoms with E-state index in [-0.39, 0.29) is 18.4 Å². The summed E-state index contributed by atoms with van der Waals surface area (Å²) in [7, 11) is -1.54. The van der Waals surface area contributed by atoms with E-state index in [4.69, 9.17) is 0 Å². The van der Waals surface area contributed by atoms with Crippen LogP contribution < -0.4 is 5.32 Å². The average molecular weight is 337 g/mol. The Morgan fingerprint density at radius 1 is 1.48 bits per heavy atom. The van der Waals surface area contributed by atoms with Crippen molar-refractivity contribution >= 4 is 22.4 Å². The minimum absolute atomic E-state index is 0. The average Bonchev–Trinajstić information content (AvgIpc) is 2.89. The topological polar surface area (TPSA) is 67.2 Å². The summed E-state index contributed by atoms with van der Waals surface area (Å²) in [6.45, 7) is 5.92. The summed E-state index contributed by atoms with van der Waals surface area (Å²) in [4.78, 5) is 0.